The maximum atomic E-state index is 11.5. The minimum Gasteiger partial charge on any atom is -0.481 e. The van der Waals surface area contributed by atoms with Crippen molar-refractivity contribution < 1.29 is 19.8 Å². The molecule has 5 rings (SSSR count). The number of carboxylic acids is 2. The van der Waals surface area contributed by atoms with Gasteiger partial charge in [-0.15, -0.1) is 10.2 Å². The van der Waals surface area contributed by atoms with Gasteiger partial charge in [0.1, 0.15) is 6.04 Å². The van der Waals surface area contributed by atoms with Crippen molar-refractivity contribution in [3.8, 4) is 11.4 Å². The lowest BCUT2D eigenvalue weighted by atomic mass is 10.1. The number of para-hydroxylation sites is 1. The Labute approximate surface area is 205 Å². The molecule has 0 saturated carbocycles. The van der Waals surface area contributed by atoms with E-state index in [-0.39, 0.29) is 12.8 Å². The molecule has 2 aromatic heterocycles. The zero-order chi connectivity index (χ0) is 25.1. The highest BCUT2D eigenvalue weighted by molar-refractivity contribution is 6.09. The van der Waals surface area contributed by atoms with Crippen molar-refractivity contribution in [1.29, 1.82) is 0 Å². The number of hydrogen-bond acceptors (Lipinski definition) is 6. The fraction of sp³-hybridized carbons (Fsp3) is 0.192. The van der Waals surface area contributed by atoms with Gasteiger partial charge in [-0.2, -0.15) is 5.21 Å². The van der Waals surface area contributed by atoms with Crippen LogP contribution in [0.3, 0.4) is 0 Å². The summed E-state index contributed by atoms with van der Waals surface area (Å²) < 4.78 is 2.25. The van der Waals surface area contributed by atoms with E-state index in [1.807, 2.05) is 42.5 Å². The lowest BCUT2D eigenvalue weighted by Crippen LogP contribution is -2.36. The van der Waals surface area contributed by atoms with Gasteiger partial charge in [0.15, 0.2) is 0 Å². The Kier molecular flexibility index (Phi) is 6.42. The number of carboxylic acid groups (broad SMARTS) is 2. The second-order valence-electron chi connectivity index (χ2n) is 8.59. The van der Waals surface area contributed by atoms with E-state index in [1.54, 1.807) is 0 Å². The first-order valence-corrected chi connectivity index (χ1v) is 11.5. The van der Waals surface area contributed by atoms with Crippen LogP contribution in [0.25, 0.3) is 33.2 Å². The highest BCUT2D eigenvalue weighted by Crippen LogP contribution is 2.32. The summed E-state index contributed by atoms with van der Waals surface area (Å²) in [7, 11) is 0. The van der Waals surface area contributed by atoms with Gasteiger partial charge in [-0.25, -0.2) is 0 Å². The fourth-order valence-electron chi connectivity index (χ4n) is 4.49. The van der Waals surface area contributed by atoms with Crippen LogP contribution in [-0.2, 0) is 22.7 Å². The maximum absolute atomic E-state index is 11.5. The molecule has 2 heterocycles. The lowest BCUT2D eigenvalue weighted by molar-refractivity contribution is -0.140. The molecule has 0 aliphatic carbocycles. The first-order valence-electron chi connectivity index (χ1n) is 11.5. The average molecular weight is 485 g/mol. The zero-order valence-electron chi connectivity index (χ0n) is 19.3. The normalized spacial score (nSPS) is 12.2. The standard InChI is InChI=1S/C26H24N6O4/c33-24(34)11-9-21(26(35)36)27-14-16-4-3-5-17(12-16)15-32-22-7-2-1-6-19(22)20-13-18(8-10-23(20)32)25-28-30-31-29-25/h1-8,10,12-13,21,27H,9,11,14-15H2,(H,33,34)(H,35,36)(H,28,29,30,31). The highest BCUT2D eigenvalue weighted by atomic mass is 16.4. The molecule has 1 atom stereocenters. The summed E-state index contributed by atoms with van der Waals surface area (Å²) in [6.07, 6.45) is -0.177. The summed E-state index contributed by atoms with van der Waals surface area (Å²) in [6.45, 7) is 0.951. The molecule has 3 aromatic carbocycles. The van der Waals surface area contributed by atoms with Crippen LogP contribution in [0.1, 0.15) is 24.0 Å². The number of carbonyl (C=O) groups is 2. The molecule has 0 saturated heterocycles. The molecule has 0 aliphatic rings. The van der Waals surface area contributed by atoms with E-state index in [4.69, 9.17) is 5.11 Å². The van der Waals surface area contributed by atoms with Crippen LogP contribution >= 0.6 is 0 Å². The van der Waals surface area contributed by atoms with E-state index in [0.717, 1.165) is 38.5 Å². The zero-order valence-corrected chi connectivity index (χ0v) is 19.3. The molecule has 1 unspecified atom stereocenters. The van der Waals surface area contributed by atoms with Gasteiger partial charge in [0, 0.05) is 46.9 Å². The average Bonchev–Trinajstić information content (AvgIpc) is 3.51. The Bertz CT molecular complexity index is 1540. The van der Waals surface area contributed by atoms with Crippen LogP contribution in [0.2, 0.25) is 0 Å². The Hall–Kier alpha value is -4.57. The second-order valence-corrected chi connectivity index (χ2v) is 8.59. The van der Waals surface area contributed by atoms with Gasteiger partial charge in [0.2, 0.25) is 5.82 Å². The van der Waals surface area contributed by atoms with Crippen molar-refractivity contribution in [2.24, 2.45) is 0 Å². The molecule has 0 bridgehead atoms. The molecular weight excluding hydrogens is 460 g/mol. The summed E-state index contributed by atoms with van der Waals surface area (Å²) in [5, 5.41) is 37.8. The predicted octanol–water partition coefficient (Wildman–Crippen LogP) is 3.43. The van der Waals surface area contributed by atoms with Crippen molar-refractivity contribution in [3.05, 3.63) is 77.9 Å². The van der Waals surface area contributed by atoms with Gasteiger partial charge < -0.3 is 20.1 Å². The molecule has 36 heavy (non-hydrogen) atoms. The van der Waals surface area contributed by atoms with Crippen LogP contribution < -0.4 is 5.32 Å². The smallest absolute Gasteiger partial charge is 0.320 e. The van der Waals surface area contributed by atoms with Crippen molar-refractivity contribution in [2.75, 3.05) is 0 Å². The summed E-state index contributed by atoms with van der Waals surface area (Å²) in [5.74, 6) is -1.53. The molecule has 0 radical (unpaired) electrons. The van der Waals surface area contributed by atoms with Crippen molar-refractivity contribution in [3.63, 3.8) is 0 Å². The molecule has 182 valence electrons. The number of nitrogens with one attached hydrogen (secondary N) is 2. The molecule has 0 amide bonds. The van der Waals surface area contributed by atoms with Gasteiger partial charge in [0.25, 0.3) is 0 Å². The van der Waals surface area contributed by atoms with Gasteiger partial charge in [0.05, 0.1) is 0 Å². The molecule has 0 spiro atoms. The van der Waals surface area contributed by atoms with Crippen LogP contribution in [0.5, 0.6) is 0 Å². The number of tetrazole rings is 1. The van der Waals surface area contributed by atoms with E-state index < -0.39 is 18.0 Å². The van der Waals surface area contributed by atoms with Gasteiger partial charge in [-0.05, 0) is 47.0 Å². The molecule has 10 nitrogen and oxygen atoms in total. The third-order valence-corrected chi connectivity index (χ3v) is 6.21. The van der Waals surface area contributed by atoms with Crippen LogP contribution in [-0.4, -0.2) is 53.4 Å². The summed E-state index contributed by atoms with van der Waals surface area (Å²) in [4.78, 5) is 22.3. The predicted molar refractivity (Wildman–Crippen MR) is 133 cm³/mol. The number of hydrogen-bond donors (Lipinski definition) is 4. The minimum absolute atomic E-state index is 0.0253. The number of fused-ring (bicyclic) bond motifs is 3. The lowest BCUT2D eigenvalue weighted by Gasteiger charge is -2.14. The van der Waals surface area contributed by atoms with Crippen molar-refractivity contribution in [2.45, 2.75) is 32.0 Å². The monoisotopic (exact) mass is 484 g/mol. The van der Waals surface area contributed by atoms with Crippen LogP contribution in [0.15, 0.2) is 66.7 Å². The number of benzene rings is 3. The maximum Gasteiger partial charge on any atom is 0.320 e. The number of aromatic amines is 1. The van der Waals surface area contributed by atoms with E-state index in [1.165, 1.54) is 0 Å². The van der Waals surface area contributed by atoms with E-state index >= 15 is 0 Å². The molecule has 0 fully saturated rings. The first-order chi connectivity index (χ1) is 17.5. The SMILES string of the molecule is O=C(O)CCC(NCc1cccc(Cn2c3ccccc3c3cc(-c4nn[nH]n4)ccc32)c1)C(=O)O. The molecule has 0 aliphatic heterocycles. The largest absolute Gasteiger partial charge is 0.481 e. The number of rotatable bonds is 10. The quantitative estimate of drug-likeness (QED) is 0.236. The van der Waals surface area contributed by atoms with E-state index in [0.29, 0.717) is 18.9 Å². The first kappa shape index (κ1) is 23.2. The summed E-state index contributed by atoms with van der Waals surface area (Å²) in [6, 6.07) is 21.4. The second kappa shape index (κ2) is 9.96. The topological polar surface area (TPSA) is 146 Å². The molecule has 4 N–H and O–H groups in total. The van der Waals surface area contributed by atoms with E-state index in [2.05, 4.69) is 54.8 Å². The Balaban J connectivity index is 1.42. The molecule has 10 heteroatoms. The number of aliphatic carboxylic acids is 2. The number of nitrogens with zero attached hydrogens (tertiary/aromatic N) is 4. The summed E-state index contributed by atoms with van der Waals surface area (Å²) in [5.41, 5.74) is 5.04. The summed E-state index contributed by atoms with van der Waals surface area (Å²) >= 11 is 0. The Morgan fingerprint density at radius 1 is 0.944 bits per heavy atom. The Morgan fingerprint density at radius 2 is 1.75 bits per heavy atom. The van der Waals surface area contributed by atoms with Crippen LogP contribution in [0.4, 0.5) is 0 Å². The minimum atomic E-state index is -1.06. The fourth-order valence-corrected chi connectivity index (χ4v) is 4.49. The molecular formula is C26H24N6O4. The highest BCUT2D eigenvalue weighted by Gasteiger charge is 2.18. The van der Waals surface area contributed by atoms with Crippen LogP contribution in [0, 0.1) is 0 Å². The Morgan fingerprint density at radius 3 is 2.53 bits per heavy atom. The molecule has 5 aromatic rings. The number of H-pyrrole nitrogens is 1. The van der Waals surface area contributed by atoms with Crippen molar-refractivity contribution in [1.82, 2.24) is 30.5 Å². The van der Waals surface area contributed by atoms with E-state index in [9.17, 15) is 14.7 Å². The van der Waals surface area contributed by atoms with Gasteiger partial charge in [-0.1, -0.05) is 42.5 Å². The van der Waals surface area contributed by atoms with Crippen molar-refractivity contribution >= 4 is 33.7 Å². The van der Waals surface area contributed by atoms with Gasteiger partial charge in [-0.3, -0.25) is 9.59 Å². The third-order valence-electron chi connectivity index (χ3n) is 6.21. The third kappa shape index (κ3) is 4.80. The number of aromatic nitrogens is 5. The van der Waals surface area contributed by atoms with Gasteiger partial charge >= 0.3 is 11.9 Å².